The number of esters is 2. The minimum atomic E-state index is -5.18. The topological polar surface area (TPSA) is 130 Å². The summed E-state index contributed by atoms with van der Waals surface area (Å²) in [7, 11) is 1.61. The second-order valence-corrected chi connectivity index (χ2v) is 19.3. The molecule has 0 aromatic heterocycles. The number of methoxy groups -OCH3 is 2. The third kappa shape index (κ3) is 12.3. The summed E-state index contributed by atoms with van der Waals surface area (Å²) in [4.78, 5) is 27.6. The standard InChI is InChI=1S/C50H68F6O10/c1-33(25-27-39(45(7)31-29-37(65-45)43(3,4)59)63-41(57)47(61-9,49(51,52)53)35-21-13-11-14-22-35)19-17-18-20-34(2)26-28-40(46(8)32-30-38(66-46)44(5,6)60)64-42(58)48(62-10,50(54,55)56)36-23-15-12-16-24-36/h11-16,19-24,37-40,59-60H,17-18,25-32H2,1-10H3/b33-19+,34-20+/t37-,38-,39-,40-,45+,46+,47+,48+/m1/s1. The molecule has 8 atom stereocenters. The normalized spacial score (nSPS) is 25.2. The lowest BCUT2D eigenvalue weighted by Gasteiger charge is -2.39. The molecule has 0 saturated carbocycles. The van der Waals surface area contributed by atoms with Gasteiger partial charge in [-0.2, -0.15) is 26.3 Å². The number of hydrogen-bond acceptors (Lipinski definition) is 10. The third-order valence-corrected chi connectivity index (χ3v) is 13.2. The fraction of sp³-hybridized carbons (Fsp3) is 0.640. The van der Waals surface area contributed by atoms with Gasteiger partial charge in [-0.3, -0.25) is 0 Å². The summed E-state index contributed by atoms with van der Waals surface area (Å²) in [6.45, 7) is 13.3. The predicted octanol–water partition coefficient (Wildman–Crippen LogP) is 10.7. The summed E-state index contributed by atoms with van der Waals surface area (Å²) in [5.41, 5.74) is -11.0. The maximum atomic E-state index is 14.8. The Kier molecular flexibility index (Phi) is 17.6. The van der Waals surface area contributed by atoms with Gasteiger partial charge in [0.15, 0.2) is 0 Å². The third-order valence-electron chi connectivity index (χ3n) is 13.2. The van der Waals surface area contributed by atoms with E-state index in [4.69, 9.17) is 28.4 Å². The van der Waals surface area contributed by atoms with Crippen LogP contribution in [-0.4, -0.2) is 95.5 Å². The Bertz CT molecular complexity index is 1830. The first kappa shape index (κ1) is 54.8. The summed E-state index contributed by atoms with van der Waals surface area (Å²) < 4.78 is 123. The zero-order valence-corrected chi connectivity index (χ0v) is 39.7. The lowest BCUT2D eigenvalue weighted by molar-refractivity contribution is -0.282. The van der Waals surface area contributed by atoms with Crippen molar-refractivity contribution >= 4 is 11.9 Å². The van der Waals surface area contributed by atoms with Crippen LogP contribution in [0.4, 0.5) is 26.3 Å². The van der Waals surface area contributed by atoms with Crippen molar-refractivity contribution in [2.24, 2.45) is 0 Å². The molecule has 2 aromatic rings. The molecule has 2 aliphatic rings. The van der Waals surface area contributed by atoms with E-state index in [9.17, 15) is 46.1 Å². The number of benzene rings is 2. The van der Waals surface area contributed by atoms with E-state index in [1.807, 2.05) is 26.0 Å². The number of aliphatic hydroxyl groups is 2. The van der Waals surface area contributed by atoms with Crippen LogP contribution < -0.4 is 0 Å². The molecule has 2 N–H and O–H groups in total. The first-order chi connectivity index (χ1) is 30.5. The van der Waals surface area contributed by atoms with Crippen molar-refractivity contribution in [2.75, 3.05) is 14.2 Å². The number of carbonyl (C=O) groups excluding carboxylic acids is 2. The summed E-state index contributed by atoms with van der Waals surface area (Å²) in [5.74, 6) is -3.27. The van der Waals surface area contributed by atoms with E-state index in [1.54, 1.807) is 41.5 Å². The van der Waals surface area contributed by atoms with Crippen molar-refractivity contribution in [3.63, 3.8) is 0 Å². The van der Waals surface area contributed by atoms with E-state index in [0.717, 1.165) is 49.6 Å². The largest absolute Gasteiger partial charge is 0.457 e. The molecular weight excluding hydrogens is 875 g/mol. The molecule has 10 nitrogen and oxygen atoms in total. The Labute approximate surface area is 385 Å². The number of allylic oxidation sites excluding steroid dienone is 4. The van der Waals surface area contributed by atoms with E-state index < -0.39 is 93.4 Å². The molecule has 0 bridgehead atoms. The average Bonchev–Trinajstić information content (AvgIpc) is 3.85. The molecule has 2 heterocycles. The summed E-state index contributed by atoms with van der Waals surface area (Å²) in [6.07, 6.45) is -6.78. The number of halogens is 6. The van der Waals surface area contributed by atoms with Crippen LogP contribution >= 0.6 is 0 Å². The molecule has 0 unspecified atom stereocenters. The monoisotopic (exact) mass is 942 g/mol. The Morgan fingerprint density at radius 3 is 1.23 bits per heavy atom. The van der Waals surface area contributed by atoms with Gasteiger partial charge in [-0.25, -0.2) is 9.59 Å². The first-order valence-electron chi connectivity index (χ1n) is 22.4. The van der Waals surface area contributed by atoms with Gasteiger partial charge in [-0.1, -0.05) is 84.0 Å². The number of alkyl halides is 6. The van der Waals surface area contributed by atoms with Crippen molar-refractivity contribution in [3.8, 4) is 0 Å². The van der Waals surface area contributed by atoms with Crippen LogP contribution in [-0.2, 0) is 49.2 Å². The molecule has 16 heteroatoms. The summed E-state index contributed by atoms with van der Waals surface area (Å²) >= 11 is 0. The SMILES string of the molecule is CO[C@](C(=O)O[C@H](CC/C(C)=C/CC/C=C(\C)CC[C@@H](OC(=O)[C@@](OC)(c1ccccc1)C(F)(F)F)[C@]1(C)CC[C@H](C(C)(C)O)O1)[C@]1(C)CC[C@H](C(C)(C)O)O1)(c1ccccc1)C(F)(F)F. The minimum Gasteiger partial charge on any atom is -0.457 e. The molecule has 2 aromatic carbocycles. The van der Waals surface area contributed by atoms with Crippen LogP contribution in [0.15, 0.2) is 84.0 Å². The fourth-order valence-corrected chi connectivity index (χ4v) is 8.95. The van der Waals surface area contributed by atoms with Gasteiger partial charge < -0.3 is 38.6 Å². The molecule has 0 aliphatic carbocycles. The number of rotatable bonds is 21. The molecule has 0 spiro atoms. The molecule has 66 heavy (non-hydrogen) atoms. The quantitative estimate of drug-likeness (QED) is 0.0540. The molecule has 370 valence electrons. The minimum absolute atomic E-state index is 0.0999. The molecule has 2 fully saturated rings. The predicted molar refractivity (Wildman–Crippen MR) is 235 cm³/mol. The zero-order chi connectivity index (χ0) is 49.6. The Morgan fingerprint density at radius 2 is 0.970 bits per heavy atom. The van der Waals surface area contributed by atoms with Gasteiger partial charge in [0.2, 0.25) is 0 Å². The van der Waals surface area contributed by atoms with Crippen LogP contribution in [0.5, 0.6) is 0 Å². The first-order valence-corrected chi connectivity index (χ1v) is 22.4. The molecule has 2 saturated heterocycles. The molecule has 4 rings (SSSR count). The van der Waals surface area contributed by atoms with Crippen molar-refractivity contribution in [3.05, 3.63) is 95.1 Å². The van der Waals surface area contributed by atoms with Crippen LogP contribution in [0.25, 0.3) is 0 Å². The van der Waals surface area contributed by atoms with Crippen molar-refractivity contribution in [2.45, 2.75) is 190 Å². The van der Waals surface area contributed by atoms with Gasteiger partial charge >= 0.3 is 24.3 Å². The Morgan fingerprint density at radius 1 is 0.652 bits per heavy atom. The highest BCUT2D eigenvalue weighted by atomic mass is 19.4. The maximum Gasteiger partial charge on any atom is 0.432 e. The Hall–Kier alpha value is -3.80. The van der Waals surface area contributed by atoms with Crippen LogP contribution in [0, 0.1) is 0 Å². The van der Waals surface area contributed by atoms with Crippen LogP contribution in [0.2, 0.25) is 0 Å². The second-order valence-electron chi connectivity index (χ2n) is 19.3. The highest BCUT2D eigenvalue weighted by Crippen LogP contribution is 2.48. The zero-order valence-electron chi connectivity index (χ0n) is 39.7. The van der Waals surface area contributed by atoms with Gasteiger partial charge in [0.05, 0.1) is 23.4 Å². The van der Waals surface area contributed by atoms with Crippen molar-refractivity contribution in [1.82, 2.24) is 0 Å². The van der Waals surface area contributed by atoms with Gasteiger partial charge in [0, 0.05) is 25.3 Å². The highest BCUT2D eigenvalue weighted by molar-refractivity contribution is 5.83. The van der Waals surface area contributed by atoms with Crippen LogP contribution in [0.1, 0.15) is 131 Å². The number of unbranched alkanes of at least 4 members (excludes halogenated alkanes) is 1. The number of carbonyl (C=O) groups is 2. The maximum absolute atomic E-state index is 14.8. The average molecular weight is 943 g/mol. The highest BCUT2D eigenvalue weighted by Gasteiger charge is 2.66. The second kappa shape index (κ2) is 21.2. The van der Waals surface area contributed by atoms with Crippen LogP contribution in [0.3, 0.4) is 0 Å². The van der Waals surface area contributed by atoms with Gasteiger partial charge in [-0.15, -0.1) is 0 Å². The van der Waals surface area contributed by atoms with Gasteiger partial charge in [-0.05, 0) is 120 Å². The van der Waals surface area contributed by atoms with E-state index in [1.165, 1.54) is 36.4 Å². The van der Waals surface area contributed by atoms with E-state index in [2.05, 4.69) is 0 Å². The van der Waals surface area contributed by atoms with Crippen molar-refractivity contribution < 1.29 is 74.6 Å². The van der Waals surface area contributed by atoms with E-state index >= 15 is 0 Å². The lowest BCUT2D eigenvalue weighted by Crippen LogP contribution is -2.55. The number of hydrogen-bond donors (Lipinski definition) is 2. The smallest absolute Gasteiger partial charge is 0.432 e. The number of ether oxygens (including phenoxy) is 6. The molecule has 0 radical (unpaired) electrons. The lowest BCUT2D eigenvalue weighted by atomic mass is 9.88. The van der Waals surface area contributed by atoms with Gasteiger partial charge in [0.25, 0.3) is 11.2 Å². The Balaban J connectivity index is 1.49. The summed E-state index contributed by atoms with van der Waals surface area (Å²) in [6, 6.07) is 13.1. The fourth-order valence-electron chi connectivity index (χ4n) is 8.95. The molecular formula is C50H68F6O10. The van der Waals surface area contributed by atoms with E-state index in [-0.39, 0.29) is 12.8 Å². The van der Waals surface area contributed by atoms with Gasteiger partial charge in [0.1, 0.15) is 23.4 Å². The van der Waals surface area contributed by atoms with E-state index in [0.29, 0.717) is 51.4 Å². The summed E-state index contributed by atoms with van der Waals surface area (Å²) in [5, 5.41) is 21.4. The molecule has 2 aliphatic heterocycles. The molecule has 0 amide bonds. The van der Waals surface area contributed by atoms with Crippen molar-refractivity contribution in [1.29, 1.82) is 0 Å².